The molecular formula is C22H40N2O. The van der Waals surface area contributed by atoms with E-state index in [1.54, 1.807) is 6.07 Å². The van der Waals surface area contributed by atoms with Crippen LogP contribution in [0.25, 0.3) is 0 Å². The fraction of sp³-hybridized carbons (Fsp3) is 0.727. The van der Waals surface area contributed by atoms with Crippen LogP contribution in [-0.2, 0) is 0 Å². The molecule has 0 aromatic heterocycles. The van der Waals surface area contributed by atoms with Crippen molar-refractivity contribution in [2.75, 3.05) is 18.1 Å². The summed E-state index contributed by atoms with van der Waals surface area (Å²) in [7, 11) is 0. The molecule has 0 fully saturated rings. The van der Waals surface area contributed by atoms with Crippen LogP contribution >= 0.6 is 0 Å². The first-order valence-electron chi connectivity index (χ1n) is 10.5. The number of anilines is 2. The molecule has 3 heteroatoms. The van der Waals surface area contributed by atoms with Crippen molar-refractivity contribution < 1.29 is 4.74 Å². The second-order valence-electron chi connectivity index (χ2n) is 7.24. The van der Waals surface area contributed by atoms with Gasteiger partial charge in [-0.05, 0) is 24.6 Å². The van der Waals surface area contributed by atoms with Gasteiger partial charge in [0.1, 0.15) is 5.75 Å². The number of unbranched alkanes of at least 4 members (excludes halogenated alkanes) is 13. The van der Waals surface area contributed by atoms with Gasteiger partial charge >= 0.3 is 0 Å². The van der Waals surface area contributed by atoms with Crippen LogP contribution in [-0.4, -0.2) is 6.61 Å². The van der Waals surface area contributed by atoms with Crippen molar-refractivity contribution in [2.45, 2.75) is 96.8 Å². The number of rotatable bonds is 16. The lowest BCUT2D eigenvalue weighted by Gasteiger charge is -2.09. The molecule has 4 N–H and O–H groups in total. The summed E-state index contributed by atoms with van der Waals surface area (Å²) < 4.78 is 5.72. The molecule has 0 aliphatic heterocycles. The van der Waals surface area contributed by atoms with Crippen molar-refractivity contribution in [2.24, 2.45) is 0 Å². The summed E-state index contributed by atoms with van der Waals surface area (Å²) in [6.45, 7) is 3.02. The highest BCUT2D eigenvalue weighted by atomic mass is 16.5. The minimum atomic E-state index is 0.630. The molecule has 3 nitrogen and oxygen atoms in total. The van der Waals surface area contributed by atoms with E-state index in [9.17, 15) is 0 Å². The van der Waals surface area contributed by atoms with Gasteiger partial charge in [0, 0.05) is 5.69 Å². The van der Waals surface area contributed by atoms with Gasteiger partial charge in [0.2, 0.25) is 0 Å². The molecule has 144 valence electrons. The van der Waals surface area contributed by atoms with Crippen LogP contribution in [0, 0.1) is 0 Å². The van der Waals surface area contributed by atoms with E-state index in [4.69, 9.17) is 16.2 Å². The van der Waals surface area contributed by atoms with Gasteiger partial charge in [0.25, 0.3) is 0 Å². The van der Waals surface area contributed by atoms with Crippen molar-refractivity contribution in [3.63, 3.8) is 0 Å². The predicted octanol–water partition coefficient (Wildman–Crippen LogP) is 6.71. The Labute approximate surface area is 155 Å². The summed E-state index contributed by atoms with van der Waals surface area (Å²) in [6.07, 6.45) is 19.2. The van der Waals surface area contributed by atoms with Crippen LogP contribution in [0.15, 0.2) is 18.2 Å². The first kappa shape index (κ1) is 21.7. The van der Waals surface area contributed by atoms with E-state index in [2.05, 4.69) is 6.92 Å². The molecule has 0 saturated carbocycles. The summed E-state index contributed by atoms with van der Waals surface area (Å²) in [5, 5.41) is 0. The van der Waals surface area contributed by atoms with Crippen LogP contribution in [0.4, 0.5) is 11.4 Å². The molecule has 0 heterocycles. The minimum absolute atomic E-state index is 0.630. The molecule has 0 saturated heterocycles. The van der Waals surface area contributed by atoms with Crippen molar-refractivity contribution in [1.82, 2.24) is 0 Å². The van der Waals surface area contributed by atoms with Gasteiger partial charge in [-0.3, -0.25) is 0 Å². The third-order valence-electron chi connectivity index (χ3n) is 4.79. The maximum absolute atomic E-state index is 5.88. The van der Waals surface area contributed by atoms with Gasteiger partial charge in [-0.15, -0.1) is 0 Å². The molecule has 0 unspecified atom stereocenters. The Morgan fingerprint density at radius 3 is 1.64 bits per heavy atom. The Bertz CT molecular complexity index is 434. The van der Waals surface area contributed by atoms with Crippen LogP contribution in [0.2, 0.25) is 0 Å². The predicted molar refractivity (Wildman–Crippen MR) is 111 cm³/mol. The maximum Gasteiger partial charge on any atom is 0.142 e. The molecule has 1 aromatic rings. The first-order valence-corrected chi connectivity index (χ1v) is 10.5. The van der Waals surface area contributed by atoms with Crippen molar-refractivity contribution in [3.05, 3.63) is 18.2 Å². The molecule has 0 bridgehead atoms. The Hall–Kier alpha value is -1.38. The molecule has 25 heavy (non-hydrogen) atoms. The topological polar surface area (TPSA) is 61.3 Å². The quantitative estimate of drug-likeness (QED) is 0.258. The molecule has 1 aromatic carbocycles. The van der Waals surface area contributed by atoms with E-state index in [0.29, 0.717) is 11.4 Å². The lowest BCUT2D eigenvalue weighted by atomic mass is 10.0. The van der Waals surface area contributed by atoms with Gasteiger partial charge < -0.3 is 16.2 Å². The van der Waals surface area contributed by atoms with E-state index in [1.165, 1.54) is 83.5 Å². The summed E-state index contributed by atoms with van der Waals surface area (Å²) >= 11 is 0. The standard InChI is InChI=1S/C22H40N2O/c1-2-3-4-5-6-7-8-9-10-11-12-13-14-15-18-25-22-17-16-20(23)19-21(22)24/h16-17,19H,2-15,18,23-24H2,1H3. The number of hydrogen-bond acceptors (Lipinski definition) is 3. The van der Waals surface area contributed by atoms with Gasteiger partial charge in [-0.2, -0.15) is 0 Å². The average molecular weight is 349 g/mol. The second-order valence-corrected chi connectivity index (χ2v) is 7.24. The number of hydrogen-bond donors (Lipinski definition) is 2. The number of ether oxygens (including phenoxy) is 1. The lowest BCUT2D eigenvalue weighted by Crippen LogP contribution is -2.01. The molecule has 0 aliphatic rings. The van der Waals surface area contributed by atoms with Gasteiger partial charge in [-0.25, -0.2) is 0 Å². The van der Waals surface area contributed by atoms with Crippen molar-refractivity contribution >= 4 is 11.4 Å². The molecule has 0 atom stereocenters. The van der Waals surface area contributed by atoms with Crippen LogP contribution in [0.3, 0.4) is 0 Å². The fourth-order valence-corrected chi connectivity index (χ4v) is 3.18. The first-order chi connectivity index (χ1) is 12.2. The van der Waals surface area contributed by atoms with E-state index in [1.807, 2.05) is 12.1 Å². The van der Waals surface area contributed by atoms with Crippen LogP contribution < -0.4 is 16.2 Å². The van der Waals surface area contributed by atoms with E-state index < -0.39 is 0 Å². The van der Waals surface area contributed by atoms with E-state index >= 15 is 0 Å². The zero-order chi connectivity index (χ0) is 18.2. The Morgan fingerprint density at radius 1 is 0.680 bits per heavy atom. The largest absolute Gasteiger partial charge is 0.491 e. The fourth-order valence-electron chi connectivity index (χ4n) is 3.18. The Balaban J connectivity index is 1.81. The number of nitrogens with two attached hydrogens (primary N) is 2. The molecule has 0 aliphatic carbocycles. The third kappa shape index (κ3) is 11.7. The van der Waals surface area contributed by atoms with Crippen LogP contribution in [0.1, 0.15) is 96.8 Å². The average Bonchev–Trinajstić information content (AvgIpc) is 2.60. The Kier molecular flexibility index (Phi) is 12.9. The highest BCUT2D eigenvalue weighted by Crippen LogP contribution is 2.23. The zero-order valence-electron chi connectivity index (χ0n) is 16.4. The highest BCUT2D eigenvalue weighted by Gasteiger charge is 2.00. The van der Waals surface area contributed by atoms with Gasteiger partial charge in [0.05, 0.1) is 12.3 Å². The normalized spacial score (nSPS) is 10.9. The van der Waals surface area contributed by atoms with Crippen molar-refractivity contribution in [3.8, 4) is 5.75 Å². The summed E-state index contributed by atoms with van der Waals surface area (Å²) in [5.74, 6) is 0.754. The molecule has 1 rings (SSSR count). The van der Waals surface area contributed by atoms with E-state index in [0.717, 1.165) is 18.8 Å². The highest BCUT2D eigenvalue weighted by molar-refractivity contribution is 5.60. The summed E-state index contributed by atoms with van der Waals surface area (Å²) in [5.41, 5.74) is 12.9. The SMILES string of the molecule is CCCCCCCCCCCCCCCCOc1ccc(N)cc1N. The summed E-state index contributed by atoms with van der Waals surface area (Å²) in [4.78, 5) is 0. The number of benzene rings is 1. The lowest BCUT2D eigenvalue weighted by molar-refractivity contribution is 0.306. The minimum Gasteiger partial charge on any atom is -0.491 e. The van der Waals surface area contributed by atoms with Crippen molar-refractivity contribution in [1.29, 1.82) is 0 Å². The van der Waals surface area contributed by atoms with E-state index in [-0.39, 0.29) is 0 Å². The summed E-state index contributed by atoms with van der Waals surface area (Å²) in [6, 6.07) is 5.44. The maximum atomic E-state index is 5.88. The third-order valence-corrected chi connectivity index (χ3v) is 4.79. The van der Waals surface area contributed by atoms with Crippen LogP contribution in [0.5, 0.6) is 5.75 Å². The molecule has 0 spiro atoms. The zero-order valence-corrected chi connectivity index (χ0v) is 16.4. The molecule has 0 radical (unpaired) electrons. The second kappa shape index (κ2) is 14.9. The van der Waals surface area contributed by atoms with Gasteiger partial charge in [0.15, 0.2) is 0 Å². The number of nitrogen functional groups attached to an aromatic ring is 2. The molecule has 0 amide bonds. The molecular weight excluding hydrogens is 308 g/mol. The van der Waals surface area contributed by atoms with Gasteiger partial charge in [-0.1, -0.05) is 90.4 Å². The monoisotopic (exact) mass is 348 g/mol. The smallest absolute Gasteiger partial charge is 0.142 e. The Morgan fingerprint density at radius 2 is 1.16 bits per heavy atom.